The van der Waals surface area contributed by atoms with Gasteiger partial charge in [0.2, 0.25) is 0 Å². The van der Waals surface area contributed by atoms with Crippen LogP contribution in [-0.4, -0.2) is 23.4 Å². The molecule has 1 atom stereocenters. The van der Waals surface area contributed by atoms with Gasteiger partial charge in [-0.05, 0) is 24.5 Å². The molecule has 3 rings (SSSR count). The predicted octanol–water partition coefficient (Wildman–Crippen LogP) is 2.54. The van der Waals surface area contributed by atoms with E-state index in [9.17, 15) is 0 Å². The molecule has 1 aliphatic rings. The van der Waals surface area contributed by atoms with Crippen molar-refractivity contribution in [2.45, 2.75) is 32.4 Å². The molecule has 0 bridgehead atoms. The highest BCUT2D eigenvalue weighted by Gasteiger charge is 2.24. The molecule has 1 unspecified atom stereocenters. The number of aromatic nitrogens is 2. The Kier molecular flexibility index (Phi) is 3.74. The van der Waals surface area contributed by atoms with Crippen LogP contribution in [0.15, 0.2) is 30.6 Å². The quantitative estimate of drug-likeness (QED) is 0.929. The van der Waals surface area contributed by atoms with Gasteiger partial charge < -0.3 is 10.1 Å². The fourth-order valence-corrected chi connectivity index (χ4v) is 2.94. The van der Waals surface area contributed by atoms with Gasteiger partial charge in [-0.15, -0.1) is 0 Å². The second kappa shape index (κ2) is 5.67. The lowest BCUT2D eigenvalue weighted by Crippen LogP contribution is -2.30. The molecule has 1 aliphatic heterocycles. The molecular weight excluding hydrogens is 250 g/mol. The lowest BCUT2D eigenvalue weighted by atomic mass is 9.90. The van der Waals surface area contributed by atoms with E-state index in [-0.39, 0.29) is 6.04 Å². The maximum absolute atomic E-state index is 5.49. The van der Waals surface area contributed by atoms with Crippen LogP contribution in [0.25, 0.3) is 0 Å². The van der Waals surface area contributed by atoms with Crippen molar-refractivity contribution < 1.29 is 4.74 Å². The van der Waals surface area contributed by atoms with E-state index in [1.165, 1.54) is 16.7 Å². The highest BCUT2D eigenvalue weighted by molar-refractivity contribution is 5.46. The van der Waals surface area contributed by atoms with Crippen LogP contribution in [0.1, 0.15) is 36.1 Å². The number of methoxy groups -OCH3 is 1. The Morgan fingerprint density at radius 3 is 3.15 bits per heavy atom. The van der Waals surface area contributed by atoms with Crippen LogP contribution in [0.5, 0.6) is 5.75 Å². The molecule has 0 amide bonds. The molecule has 1 aromatic carbocycles. The minimum atomic E-state index is 0.222. The number of rotatable bonds is 4. The van der Waals surface area contributed by atoms with E-state index < -0.39 is 0 Å². The van der Waals surface area contributed by atoms with E-state index in [0.717, 1.165) is 31.7 Å². The second-order valence-electron chi connectivity index (χ2n) is 5.20. The number of hydrogen-bond acceptors (Lipinski definition) is 3. The zero-order chi connectivity index (χ0) is 13.9. The van der Waals surface area contributed by atoms with Gasteiger partial charge in [0.25, 0.3) is 0 Å². The van der Waals surface area contributed by atoms with Gasteiger partial charge in [0, 0.05) is 30.4 Å². The third-order valence-electron chi connectivity index (χ3n) is 3.86. The van der Waals surface area contributed by atoms with E-state index in [0.29, 0.717) is 0 Å². The molecule has 0 saturated carbocycles. The first kappa shape index (κ1) is 13.2. The summed E-state index contributed by atoms with van der Waals surface area (Å²) in [7, 11) is 1.74. The van der Waals surface area contributed by atoms with Gasteiger partial charge in [0.05, 0.1) is 19.3 Å². The number of nitrogens with one attached hydrogen (secondary N) is 1. The second-order valence-corrected chi connectivity index (χ2v) is 5.20. The molecule has 4 heteroatoms. The maximum atomic E-state index is 5.49. The molecule has 2 aromatic rings. The zero-order valence-electron chi connectivity index (χ0n) is 12.1. The molecular formula is C16H21N3O. The van der Waals surface area contributed by atoms with Crippen molar-refractivity contribution in [3.8, 4) is 5.75 Å². The summed E-state index contributed by atoms with van der Waals surface area (Å²) in [6.07, 6.45) is 6.24. The first-order valence-corrected chi connectivity index (χ1v) is 7.25. The van der Waals surface area contributed by atoms with Crippen molar-refractivity contribution >= 4 is 0 Å². The summed E-state index contributed by atoms with van der Waals surface area (Å²) in [4.78, 5) is 0. The van der Waals surface area contributed by atoms with Crippen LogP contribution in [0.4, 0.5) is 0 Å². The van der Waals surface area contributed by atoms with Gasteiger partial charge in [-0.1, -0.05) is 19.1 Å². The Balaban J connectivity index is 1.96. The zero-order valence-corrected chi connectivity index (χ0v) is 12.1. The first-order chi connectivity index (χ1) is 9.83. The van der Waals surface area contributed by atoms with E-state index in [4.69, 9.17) is 4.74 Å². The normalized spacial score (nSPS) is 17.8. The van der Waals surface area contributed by atoms with Crippen LogP contribution in [0.3, 0.4) is 0 Å². The first-order valence-electron chi connectivity index (χ1n) is 7.25. The van der Waals surface area contributed by atoms with E-state index in [1.807, 2.05) is 16.9 Å². The maximum Gasteiger partial charge on any atom is 0.122 e. The van der Waals surface area contributed by atoms with E-state index in [1.54, 1.807) is 7.11 Å². The number of fused-ring (bicyclic) bond motifs is 1. The van der Waals surface area contributed by atoms with Gasteiger partial charge in [-0.2, -0.15) is 5.10 Å². The highest BCUT2D eigenvalue weighted by Crippen LogP contribution is 2.33. The minimum absolute atomic E-state index is 0.222. The molecule has 0 spiro atoms. The predicted molar refractivity (Wildman–Crippen MR) is 79.1 cm³/mol. The summed E-state index contributed by atoms with van der Waals surface area (Å²) >= 11 is 0. The molecule has 0 fully saturated rings. The van der Waals surface area contributed by atoms with Crippen molar-refractivity contribution in [2.24, 2.45) is 0 Å². The van der Waals surface area contributed by atoms with Crippen molar-refractivity contribution in [2.75, 3.05) is 13.7 Å². The largest absolute Gasteiger partial charge is 0.496 e. The Hall–Kier alpha value is -1.81. The fourth-order valence-electron chi connectivity index (χ4n) is 2.94. The molecule has 1 N–H and O–H groups in total. The molecule has 2 heterocycles. The Labute approximate surface area is 119 Å². The molecule has 0 saturated heterocycles. The summed E-state index contributed by atoms with van der Waals surface area (Å²) in [6.45, 7) is 4.11. The summed E-state index contributed by atoms with van der Waals surface area (Å²) in [5.41, 5.74) is 3.86. The van der Waals surface area contributed by atoms with E-state index >= 15 is 0 Å². The summed E-state index contributed by atoms with van der Waals surface area (Å²) in [5.74, 6) is 0.995. The molecule has 0 radical (unpaired) electrons. The number of ether oxygens (including phenoxy) is 1. The van der Waals surface area contributed by atoms with Gasteiger partial charge in [-0.3, -0.25) is 4.68 Å². The Bertz CT molecular complexity index is 591. The van der Waals surface area contributed by atoms with Gasteiger partial charge in [-0.25, -0.2) is 0 Å². The topological polar surface area (TPSA) is 39.1 Å². The van der Waals surface area contributed by atoms with Crippen LogP contribution < -0.4 is 10.1 Å². The Morgan fingerprint density at radius 2 is 2.35 bits per heavy atom. The SMILES string of the molecule is CCCn1cc(C2NCCc3c(OC)cccc32)cn1. The average Bonchev–Trinajstić information content (AvgIpc) is 2.95. The molecule has 106 valence electrons. The van der Waals surface area contributed by atoms with Gasteiger partial charge in [0.15, 0.2) is 0 Å². The van der Waals surface area contributed by atoms with Crippen LogP contribution in [-0.2, 0) is 13.0 Å². The van der Waals surface area contributed by atoms with E-state index in [2.05, 4.69) is 35.7 Å². The molecule has 20 heavy (non-hydrogen) atoms. The monoisotopic (exact) mass is 271 g/mol. The van der Waals surface area contributed by atoms with Crippen molar-refractivity contribution in [1.29, 1.82) is 0 Å². The number of benzene rings is 1. The smallest absolute Gasteiger partial charge is 0.122 e. The molecule has 0 aliphatic carbocycles. The number of hydrogen-bond donors (Lipinski definition) is 1. The average molecular weight is 271 g/mol. The fraction of sp³-hybridized carbons (Fsp3) is 0.438. The van der Waals surface area contributed by atoms with Gasteiger partial charge in [0.1, 0.15) is 5.75 Å². The third kappa shape index (κ3) is 2.31. The number of aryl methyl sites for hydroxylation is 1. The number of nitrogens with zero attached hydrogens (tertiary/aromatic N) is 2. The third-order valence-corrected chi connectivity index (χ3v) is 3.86. The lowest BCUT2D eigenvalue weighted by Gasteiger charge is -2.27. The standard InChI is InChI=1S/C16H21N3O/c1-3-9-19-11-12(10-18-19)16-14-5-4-6-15(20-2)13(14)7-8-17-16/h4-6,10-11,16-17H,3,7-9H2,1-2H3. The summed E-state index contributed by atoms with van der Waals surface area (Å²) in [6, 6.07) is 6.52. The summed E-state index contributed by atoms with van der Waals surface area (Å²) in [5, 5.41) is 8.03. The van der Waals surface area contributed by atoms with Crippen molar-refractivity contribution in [3.05, 3.63) is 47.3 Å². The summed E-state index contributed by atoms with van der Waals surface area (Å²) < 4.78 is 7.51. The molecule has 1 aromatic heterocycles. The van der Waals surface area contributed by atoms with Crippen LogP contribution in [0, 0.1) is 0 Å². The van der Waals surface area contributed by atoms with Crippen LogP contribution >= 0.6 is 0 Å². The van der Waals surface area contributed by atoms with Gasteiger partial charge >= 0.3 is 0 Å². The van der Waals surface area contributed by atoms with Crippen molar-refractivity contribution in [1.82, 2.24) is 15.1 Å². The molecule has 4 nitrogen and oxygen atoms in total. The van der Waals surface area contributed by atoms with Crippen molar-refractivity contribution in [3.63, 3.8) is 0 Å². The lowest BCUT2D eigenvalue weighted by molar-refractivity contribution is 0.403. The van der Waals surface area contributed by atoms with Crippen LogP contribution in [0.2, 0.25) is 0 Å². The minimum Gasteiger partial charge on any atom is -0.496 e. The highest BCUT2D eigenvalue weighted by atomic mass is 16.5. The Morgan fingerprint density at radius 1 is 1.45 bits per heavy atom.